The summed E-state index contributed by atoms with van der Waals surface area (Å²) in [6.45, 7) is 3.88. The van der Waals surface area contributed by atoms with E-state index in [2.05, 4.69) is 48.9 Å². The molecule has 1 aliphatic heterocycles. The van der Waals surface area contributed by atoms with Crippen molar-refractivity contribution in [3.8, 4) is 5.75 Å². The molecule has 106 valence electrons. The number of aromatic hydroxyl groups is 1. The van der Waals surface area contributed by atoms with Crippen LogP contribution in [0.25, 0.3) is 0 Å². The molecular weight excluding hydrogens is 397 g/mol. The van der Waals surface area contributed by atoms with Gasteiger partial charge in [-0.1, -0.05) is 15.9 Å². The average Bonchev–Trinajstić information content (AvgIpc) is 2.34. The minimum atomic E-state index is 0. The lowest BCUT2D eigenvalue weighted by molar-refractivity contribution is 0.159. The largest absolute Gasteiger partial charge is 0.506 e. The van der Waals surface area contributed by atoms with Gasteiger partial charge in [0.15, 0.2) is 0 Å². The first-order valence-electron chi connectivity index (χ1n) is 5.72. The molecule has 0 saturated carbocycles. The molecule has 0 unspecified atom stereocenters. The zero-order valence-electron chi connectivity index (χ0n) is 10.5. The van der Waals surface area contributed by atoms with Crippen molar-refractivity contribution in [2.75, 3.05) is 33.2 Å². The molecule has 1 aromatic carbocycles. The van der Waals surface area contributed by atoms with Crippen LogP contribution in [0.3, 0.4) is 0 Å². The minimum Gasteiger partial charge on any atom is -0.506 e. The summed E-state index contributed by atoms with van der Waals surface area (Å²) in [6, 6.07) is 3.65. The van der Waals surface area contributed by atoms with Crippen LogP contribution in [-0.2, 0) is 0 Å². The second kappa shape index (κ2) is 7.47. The lowest BCUT2D eigenvalue weighted by Gasteiger charge is -2.30. The highest BCUT2D eigenvalue weighted by molar-refractivity contribution is 9.11. The molecule has 2 rings (SSSR count). The summed E-state index contributed by atoms with van der Waals surface area (Å²) < 4.78 is 1.57. The topological polar surface area (TPSA) is 39.1 Å². The van der Waals surface area contributed by atoms with Gasteiger partial charge in [-0.25, -0.2) is 0 Å². The summed E-state index contributed by atoms with van der Waals surface area (Å²) in [5.74, 6) is 0.219. The first kappa shape index (κ1) is 16.8. The summed E-state index contributed by atoms with van der Waals surface area (Å²) in [4.78, 5) is 2.28. The number of hydrogen-bond donors (Lipinski definition) is 1. The van der Waals surface area contributed by atoms with Crippen molar-refractivity contribution >= 4 is 50.5 Å². The summed E-state index contributed by atoms with van der Waals surface area (Å²) in [5.41, 5.74) is 0.704. The molecule has 1 heterocycles. The molecule has 1 aliphatic rings. The van der Waals surface area contributed by atoms with Gasteiger partial charge in [0, 0.05) is 36.2 Å². The van der Waals surface area contributed by atoms with E-state index in [4.69, 9.17) is 0 Å². The molecule has 1 saturated heterocycles. The lowest BCUT2D eigenvalue weighted by atomic mass is 10.2. The van der Waals surface area contributed by atoms with Gasteiger partial charge in [-0.15, -0.1) is 12.4 Å². The molecule has 7 heteroatoms. The Morgan fingerprint density at radius 3 is 2.47 bits per heavy atom. The SMILES string of the molecule is CN1CCN(/N=C/c2cc(Br)cc(Br)c2O)CC1.Cl. The second-order valence-corrected chi connectivity index (χ2v) is 6.10. The van der Waals surface area contributed by atoms with Gasteiger partial charge in [0.25, 0.3) is 0 Å². The predicted molar refractivity (Wildman–Crippen MR) is 87.4 cm³/mol. The van der Waals surface area contributed by atoms with Crippen molar-refractivity contribution in [1.82, 2.24) is 9.91 Å². The maximum absolute atomic E-state index is 9.91. The van der Waals surface area contributed by atoms with Crippen LogP contribution in [0.2, 0.25) is 0 Å². The Balaban J connectivity index is 0.00000180. The molecule has 0 bridgehead atoms. The third-order valence-corrected chi connectivity index (χ3v) is 3.96. The molecule has 1 fully saturated rings. The number of piperazine rings is 1. The molecule has 0 radical (unpaired) electrons. The molecule has 0 aliphatic carbocycles. The molecular formula is C12H16Br2ClN3O. The van der Waals surface area contributed by atoms with Crippen molar-refractivity contribution in [3.05, 3.63) is 26.6 Å². The number of nitrogens with zero attached hydrogens (tertiary/aromatic N) is 3. The van der Waals surface area contributed by atoms with E-state index in [1.165, 1.54) is 0 Å². The van der Waals surface area contributed by atoms with Crippen molar-refractivity contribution in [1.29, 1.82) is 0 Å². The third kappa shape index (κ3) is 4.63. The van der Waals surface area contributed by atoms with Crippen molar-refractivity contribution in [2.24, 2.45) is 5.10 Å². The van der Waals surface area contributed by atoms with Crippen molar-refractivity contribution in [2.45, 2.75) is 0 Å². The lowest BCUT2D eigenvalue weighted by Crippen LogP contribution is -2.41. The van der Waals surface area contributed by atoms with Crippen LogP contribution in [0.5, 0.6) is 5.75 Å². The van der Waals surface area contributed by atoms with E-state index in [9.17, 15) is 5.11 Å². The van der Waals surface area contributed by atoms with Crippen LogP contribution < -0.4 is 0 Å². The fourth-order valence-electron chi connectivity index (χ4n) is 1.74. The first-order chi connectivity index (χ1) is 8.56. The summed E-state index contributed by atoms with van der Waals surface area (Å²) in [5, 5.41) is 16.3. The molecule has 0 atom stereocenters. The van der Waals surface area contributed by atoms with Crippen LogP contribution in [0.4, 0.5) is 0 Å². The van der Waals surface area contributed by atoms with Gasteiger partial charge >= 0.3 is 0 Å². The first-order valence-corrected chi connectivity index (χ1v) is 7.30. The highest BCUT2D eigenvalue weighted by atomic mass is 79.9. The Labute approximate surface area is 136 Å². The molecule has 0 aromatic heterocycles. The normalized spacial score (nSPS) is 16.7. The predicted octanol–water partition coefficient (Wildman–Crippen LogP) is 2.92. The Bertz CT molecular complexity index is 463. The molecule has 1 N–H and O–H groups in total. The van der Waals surface area contributed by atoms with E-state index in [1.54, 1.807) is 6.21 Å². The molecule has 1 aromatic rings. The van der Waals surface area contributed by atoms with E-state index < -0.39 is 0 Å². The maximum atomic E-state index is 9.91. The maximum Gasteiger partial charge on any atom is 0.138 e. The van der Waals surface area contributed by atoms with Crippen molar-refractivity contribution in [3.63, 3.8) is 0 Å². The van der Waals surface area contributed by atoms with Crippen LogP contribution in [0.15, 0.2) is 26.2 Å². The van der Waals surface area contributed by atoms with Gasteiger partial charge < -0.3 is 10.0 Å². The summed E-state index contributed by atoms with van der Waals surface area (Å²) >= 11 is 6.71. The van der Waals surface area contributed by atoms with Crippen LogP contribution in [0, 0.1) is 0 Å². The van der Waals surface area contributed by atoms with Gasteiger partial charge in [0.1, 0.15) is 5.75 Å². The van der Waals surface area contributed by atoms with E-state index >= 15 is 0 Å². The molecule has 0 spiro atoms. The van der Waals surface area contributed by atoms with Gasteiger partial charge in [-0.2, -0.15) is 5.10 Å². The minimum absolute atomic E-state index is 0. The average molecular weight is 414 g/mol. The van der Waals surface area contributed by atoms with E-state index in [0.717, 1.165) is 30.7 Å². The van der Waals surface area contributed by atoms with Gasteiger partial charge in [0.05, 0.1) is 10.7 Å². The number of phenolic OH excluding ortho intramolecular Hbond substituents is 1. The number of halogens is 3. The fraction of sp³-hybridized carbons (Fsp3) is 0.417. The number of benzene rings is 1. The third-order valence-electron chi connectivity index (χ3n) is 2.90. The molecule has 19 heavy (non-hydrogen) atoms. The van der Waals surface area contributed by atoms with E-state index in [0.29, 0.717) is 10.0 Å². The van der Waals surface area contributed by atoms with E-state index in [-0.39, 0.29) is 18.2 Å². The highest BCUT2D eigenvalue weighted by Crippen LogP contribution is 2.30. The monoisotopic (exact) mass is 411 g/mol. The van der Waals surface area contributed by atoms with E-state index in [1.807, 2.05) is 17.1 Å². The van der Waals surface area contributed by atoms with Gasteiger partial charge in [-0.3, -0.25) is 5.01 Å². The number of hydrazone groups is 1. The standard InChI is InChI=1S/C12H15Br2N3O.ClH/c1-16-2-4-17(5-3-16)15-8-9-6-10(13)7-11(14)12(9)18;/h6-8,18H,2-5H2,1H3;1H/b15-8+;. The summed E-state index contributed by atoms with van der Waals surface area (Å²) in [7, 11) is 2.11. The second-order valence-electron chi connectivity index (χ2n) is 4.33. The van der Waals surface area contributed by atoms with Gasteiger partial charge in [-0.05, 0) is 35.1 Å². The quantitative estimate of drug-likeness (QED) is 0.758. The number of phenols is 1. The van der Waals surface area contributed by atoms with Crippen LogP contribution >= 0.6 is 44.3 Å². The number of likely N-dealkylation sites (N-methyl/N-ethyl adjacent to an activating group) is 1. The highest BCUT2D eigenvalue weighted by Gasteiger charge is 2.11. The van der Waals surface area contributed by atoms with Crippen LogP contribution in [-0.4, -0.2) is 54.5 Å². The Kier molecular flexibility index (Phi) is 6.59. The van der Waals surface area contributed by atoms with Gasteiger partial charge in [0.2, 0.25) is 0 Å². The Hall–Kier alpha value is -0.300. The Morgan fingerprint density at radius 1 is 1.21 bits per heavy atom. The summed E-state index contributed by atoms with van der Waals surface area (Å²) in [6.07, 6.45) is 1.70. The number of rotatable bonds is 2. The van der Waals surface area contributed by atoms with Crippen LogP contribution in [0.1, 0.15) is 5.56 Å². The zero-order valence-corrected chi connectivity index (χ0v) is 14.5. The van der Waals surface area contributed by atoms with Crippen molar-refractivity contribution < 1.29 is 5.11 Å². The Morgan fingerprint density at radius 2 is 1.84 bits per heavy atom. The zero-order chi connectivity index (χ0) is 13.1. The smallest absolute Gasteiger partial charge is 0.138 e. The molecule has 4 nitrogen and oxygen atoms in total. The number of hydrogen-bond acceptors (Lipinski definition) is 4. The molecule has 0 amide bonds. The fourth-order valence-corrected chi connectivity index (χ4v) is 3.00.